The number of piperidine rings is 1. The minimum atomic E-state index is 0.0114. The van der Waals surface area contributed by atoms with Gasteiger partial charge in [0.1, 0.15) is 0 Å². The van der Waals surface area contributed by atoms with E-state index in [-0.39, 0.29) is 12.0 Å². The molecule has 1 rings (SSSR count). The number of rotatable bonds is 4. The fraction of sp³-hybridized carbons (Fsp3) is 1.00. The molecule has 0 spiro atoms. The first-order valence-electron chi connectivity index (χ1n) is 5.19. The lowest BCUT2D eigenvalue weighted by atomic mass is 9.94. The first-order chi connectivity index (χ1) is 6.14. The van der Waals surface area contributed by atoms with Crippen molar-refractivity contribution in [2.75, 3.05) is 26.2 Å². The summed E-state index contributed by atoms with van der Waals surface area (Å²) in [6.07, 6.45) is 2.52. The molecule has 1 aliphatic heterocycles. The van der Waals surface area contributed by atoms with Crippen molar-refractivity contribution in [1.29, 1.82) is 0 Å². The highest BCUT2D eigenvalue weighted by atomic mass is 16.3. The van der Waals surface area contributed by atoms with Gasteiger partial charge in [-0.15, -0.1) is 0 Å². The fourth-order valence-corrected chi connectivity index (χ4v) is 1.50. The van der Waals surface area contributed by atoms with Gasteiger partial charge in [-0.25, -0.2) is 0 Å². The van der Waals surface area contributed by atoms with Gasteiger partial charge in [-0.1, -0.05) is 13.8 Å². The minimum Gasteiger partial charge on any atom is -0.396 e. The molecule has 0 bridgehead atoms. The van der Waals surface area contributed by atoms with Crippen LogP contribution >= 0.6 is 0 Å². The molecule has 1 aliphatic rings. The third-order valence-electron chi connectivity index (χ3n) is 2.59. The smallest absolute Gasteiger partial charge is 0.0494 e. The average Bonchev–Trinajstić information content (AvgIpc) is 2.17. The van der Waals surface area contributed by atoms with Crippen LogP contribution in [0.25, 0.3) is 0 Å². The van der Waals surface area contributed by atoms with E-state index in [0.717, 1.165) is 19.6 Å². The second-order valence-electron chi connectivity index (χ2n) is 4.75. The lowest BCUT2D eigenvalue weighted by Gasteiger charge is -2.29. The Morgan fingerprint density at radius 2 is 2.31 bits per heavy atom. The molecule has 1 unspecified atom stereocenters. The molecule has 0 aromatic rings. The molecule has 0 aliphatic carbocycles. The molecule has 0 radical (unpaired) electrons. The van der Waals surface area contributed by atoms with Crippen LogP contribution < -0.4 is 10.6 Å². The van der Waals surface area contributed by atoms with E-state index in [1.807, 2.05) is 0 Å². The van der Waals surface area contributed by atoms with E-state index in [1.165, 1.54) is 12.8 Å². The van der Waals surface area contributed by atoms with E-state index < -0.39 is 0 Å². The molecular weight excluding hydrogens is 164 g/mol. The van der Waals surface area contributed by atoms with Crippen molar-refractivity contribution in [3.63, 3.8) is 0 Å². The van der Waals surface area contributed by atoms with Crippen molar-refractivity contribution in [2.45, 2.75) is 32.7 Å². The highest BCUT2D eigenvalue weighted by molar-refractivity contribution is 4.78. The van der Waals surface area contributed by atoms with Gasteiger partial charge in [-0.2, -0.15) is 0 Å². The van der Waals surface area contributed by atoms with Gasteiger partial charge in [0.15, 0.2) is 0 Å². The maximum absolute atomic E-state index is 9.07. The van der Waals surface area contributed by atoms with Crippen molar-refractivity contribution in [3.8, 4) is 0 Å². The van der Waals surface area contributed by atoms with Crippen LogP contribution in [0, 0.1) is 5.41 Å². The maximum Gasteiger partial charge on any atom is 0.0494 e. The Bertz CT molecular complexity index is 142. The van der Waals surface area contributed by atoms with E-state index in [2.05, 4.69) is 24.5 Å². The van der Waals surface area contributed by atoms with Gasteiger partial charge in [0, 0.05) is 31.2 Å². The van der Waals surface area contributed by atoms with E-state index >= 15 is 0 Å². The SMILES string of the molecule is CC(C)(CO)CNC1CCCNC1. The summed E-state index contributed by atoms with van der Waals surface area (Å²) in [5, 5.41) is 15.9. The number of aliphatic hydroxyl groups is 1. The molecule has 0 saturated carbocycles. The summed E-state index contributed by atoms with van der Waals surface area (Å²) in [4.78, 5) is 0. The van der Waals surface area contributed by atoms with E-state index in [1.54, 1.807) is 0 Å². The van der Waals surface area contributed by atoms with E-state index in [4.69, 9.17) is 5.11 Å². The molecule has 3 N–H and O–H groups in total. The topological polar surface area (TPSA) is 44.3 Å². The van der Waals surface area contributed by atoms with Gasteiger partial charge in [-0.05, 0) is 19.4 Å². The molecule has 3 nitrogen and oxygen atoms in total. The molecule has 1 fully saturated rings. The van der Waals surface area contributed by atoms with Crippen molar-refractivity contribution < 1.29 is 5.11 Å². The van der Waals surface area contributed by atoms with Crippen molar-refractivity contribution >= 4 is 0 Å². The zero-order valence-corrected chi connectivity index (χ0v) is 8.77. The summed E-state index contributed by atoms with van der Waals surface area (Å²) in [6.45, 7) is 7.53. The Balaban J connectivity index is 2.17. The summed E-state index contributed by atoms with van der Waals surface area (Å²) < 4.78 is 0. The van der Waals surface area contributed by atoms with Gasteiger partial charge in [0.05, 0.1) is 0 Å². The van der Waals surface area contributed by atoms with Crippen LogP contribution in [-0.4, -0.2) is 37.4 Å². The van der Waals surface area contributed by atoms with Crippen LogP contribution in [0.5, 0.6) is 0 Å². The van der Waals surface area contributed by atoms with Crippen molar-refractivity contribution in [3.05, 3.63) is 0 Å². The normalized spacial score (nSPS) is 24.7. The van der Waals surface area contributed by atoms with Crippen LogP contribution in [0.4, 0.5) is 0 Å². The molecule has 13 heavy (non-hydrogen) atoms. The second kappa shape index (κ2) is 4.94. The molecule has 0 amide bonds. The lowest BCUT2D eigenvalue weighted by Crippen LogP contribution is -2.46. The summed E-state index contributed by atoms with van der Waals surface area (Å²) in [7, 11) is 0. The molecule has 1 heterocycles. The zero-order valence-electron chi connectivity index (χ0n) is 8.77. The summed E-state index contributed by atoms with van der Waals surface area (Å²) >= 11 is 0. The Morgan fingerprint density at radius 3 is 2.85 bits per heavy atom. The molecule has 1 saturated heterocycles. The van der Waals surface area contributed by atoms with Crippen LogP contribution in [0.2, 0.25) is 0 Å². The quantitative estimate of drug-likeness (QED) is 0.593. The Labute approximate surface area is 80.9 Å². The fourth-order valence-electron chi connectivity index (χ4n) is 1.50. The predicted molar refractivity (Wildman–Crippen MR) is 54.8 cm³/mol. The van der Waals surface area contributed by atoms with Crippen LogP contribution in [0.15, 0.2) is 0 Å². The minimum absolute atomic E-state index is 0.0114. The van der Waals surface area contributed by atoms with Crippen molar-refractivity contribution in [2.24, 2.45) is 5.41 Å². The predicted octanol–water partition coefficient (Wildman–Crippen LogP) is 0.346. The van der Waals surface area contributed by atoms with Crippen LogP contribution in [0.1, 0.15) is 26.7 Å². The zero-order chi connectivity index (χ0) is 9.73. The molecule has 0 aromatic carbocycles. The summed E-state index contributed by atoms with van der Waals surface area (Å²) in [6, 6.07) is 0.597. The first-order valence-corrected chi connectivity index (χ1v) is 5.19. The van der Waals surface area contributed by atoms with Gasteiger partial charge >= 0.3 is 0 Å². The number of nitrogens with one attached hydrogen (secondary N) is 2. The number of aliphatic hydroxyl groups excluding tert-OH is 1. The summed E-state index contributed by atoms with van der Waals surface area (Å²) in [5.74, 6) is 0. The second-order valence-corrected chi connectivity index (χ2v) is 4.75. The van der Waals surface area contributed by atoms with Crippen LogP contribution in [-0.2, 0) is 0 Å². The van der Waals surface area contributed by atoms with Gasteiger partial charge < -0.3 is 15.7 Å². The molecule has 1 atom stereocenters. The van der Waals surface area contributed by atoms with E-state index in [9.17, 15) is 0 Å². The monoisotopic (exact) mass is 186 g/mol. The Morgan fingerprint density at radius 1 is 1.54 bits per heavy atom. The molecule has 78 valence electrons. The van der Waals surface area contributed by atoms with Crippen molar-refractivity contribution in [1.82, 2.24) is 10.6 Å². The lowest BCUT2D eigenvalue weighted by molar-refractivity contribution is 0.151. The largest absolute Gasteiger partial charge is 0.396 e. The van der Waals surface area contributed by atoms with Gasteiger partial charge in [0.2, 0.25) is 0 Å². The third-order valence-corrected chi connectivity index (χ3v) is 2.59. The first kappa shape index (κ1) is 11.0. The number of hydrogen-bond acceptors (Lipinski definition) is 3. The molecule has 0 aromatic heterocycles. The average molecular weight is 186 g/mol. The van der Waals surface area contributed by atoms with E-state index in [0.29, 0.717) is 6.04 Å². The third kappa shape index (κ3) is 4.07. The Hall–Kier alpha value is -0.120. The molecular formula is C10H22N2O. The van der Waals surface area contributed by atoms with Gasteiger partial charge in [-0.3, -0.25) is 0 Å². The number of hydrogen-bond donors (Lipinski definition) is 3. The highest BCUT2D eigenvalue weighted by Gasteiger charge is 2.19. The molecule has 3 heteroatoms. The summed E-state index contributed by atoms with van der Waals surface area (Å²) in [5.41, 5.74) is 0.0114. The Kier molecular flexibility index (Phi) is 4.16. The highest BCUT2D eigenvalue weighted by Crippen LogP contribution is 2.12. The standard InChI is InChI=1S/C10H22N2O/c1-10(2,8-13)7-12-9-4-3-5-11-6-9/h9,11-13H,3-8H2,1-2H3. The van der Waals surface area contributed by atoms with Crippen LogP contribution in [0.3, 0.4) is 0 Å². The van der Waals surface area contributed by atoms with Gasteiger partial charge in [0.25, 0.3) is 0 Å². The maximum atomic E-state index is 9.07.